The molecule has 0 bridgehead atoms. The number of ether oxygens (including phenoxy) is 1. The number of piperazine rings is 1. The predicted molar refractivity (Wildman–Crippen MR) is 142 cm³/mol. The van der Waals surface area contributed by atoms with Crippen LogP contribution in [0.25, 0.3) is 22.2 Å². The van der Waals surface area contributed by atoms with Crippen LogP contribution >= 0.6 is 11.6 Å². The van der Waals surface area contributed by atoms with Gasteiger partial charge in [0.2, 0.25) is 5.95 Å². The number of hydrogen-bond donors (Lipinski definition) is 1. The van der Waals surface area contributed by atoms with Crippen LogP contribution in [-0.4, -0.2) is 71.2 Å². The molecule has 0 unspecified atom stereocenters. The van der Waals surface area contributed by atoms with E-state index in [1.54, 1.807) is 7.11 Å². The lowest BCUT2D eigenvalue weighted by atomic mass is 9.99. The van der Waals surface area contributed by atoms with E-state index in [0.29, 0.717) is 22.1 Å². The molecule has 1 fully saturated rings. The van der Waals surface area contributed by atoms with Gasteiger partial charge in [0.05, 0.1) is 12.6 Å². The van der Waals surface area contributed by atoms with Crippen molar-refractivity contribution in [3.05, 3.63) is 70.7 Å². The van der Waals surface area contributed by atoms with E-state index in [1.807, 2.05) is 66.4 Å². The molecule has 0 atom stereocenters. The minimum Gasteiger partial charge on any atom is -0.497 e. The summed E-state index contributed by atoms with van der Waals surface area (Å²) >= 11 is 6.46. The van der Waals surface area contributed by atoms with E-state index < -0.39 is 0 Å². The molecule has 8 nitrogen and oxygen atoms in total. The summed E-state index contributed by atoms with van der Waals surface area (Å²) in [5.41, 5.74) is 5.65. The maximum atomic E-state index is 12.8. The fraction of sp³-hybridized carbons (Fsp3) is 0.259. The number of nitrogens with one attached hydrogen (secondary N) is 1. The van der Waals surface area contributed by atoms with Crippen molar-refractivity contribution >= 4 is 40.2 Å². The van der Waals surface area contributed by atoms with Crippen molar-refractivity contribution in [3.63, 3.8) is 0 Å². The Bertz CT molecular complexity index is 1420. The standard InChI is InChI=1S/C27H27ClN6O2/c1-17-14-24-25(16-21(17)22-15-20(36-3)8-9-23(22)28)31-32-27(30-24)29-19-6-4-18(5-7-19)26(35)34-12-10-33(2)11-13-34/h4-9,14-16H,10-13H2,1-3H3,(H,29,30,32). The second-order valence-corrected chi connectivity index (χ2v) is 9.34. The molecule has 36 heavy (non-hydrogen) atoms. The molecule has 184 valence electrons. The fourth-order valence-corrected chi connectivity index (χ4v) is 4.51. The van der Waals surface area contributed by atoms with E-state index in [4.69, 9.17) is 16.3 Å². The molecule has 1 aliphatic rings. The third-order valence-electron chi connectivity index (χ3n) is 6.44. The third kappa shape index (κ3) is 4.96. The maximum Gasteiger partial charge on any atom is 0.253 e. The molecule has 0 spiro atoms. The molecular weight excluding hydrogens is 476 g/mol. The number of aryl methyl sites for hydroxylation is 1. The van der Waals surface area contributed by atoms with Crippen molar-refractivity contribution in [1.82, 2.24) is 25.0 Å². The van der Waals surface area contributed by atoms with Crippen molar-refractivity contribution in [2.45, 2.75) is 6.92 Å². The number of carbonyl (C=O) groups is 1. The van der Waals surface area contributed by atoms with Gasteiger partial charge in [0.1, 0.15) is 11.3 Å². The fourth-order valence-electron chi connectivity index (χ4n) is 4.29. The summed E-state index contributed by atoms with van der Waals surface area (Å²) in [6.07, 6.45) is 0. The number of nitrogens with zero attached hydrogens (tertiary/aromatic N) is 5. The summed E-state index contributed by atoms with van der Waals surface area (Å²) in [6.45, 7) is 5.29. The van der Waals surface area contributed by atoms with E-state index in [9.17, 15) is 4.79 Å². The Morgan fingerprint density at radius 3 is 2.42 bits per heavy atom. The summed E-state index contributed by atoms with van der Waals surface area (Å²) in [4.78, 5) is 21.5. The minimum atomic E-state index is 0.0562. The quantitative estimate of drug-likeness (QED) is 0.420. The Morgan fingerprint density at radius 2 is 1.69 bits per heavy atom. The summed E-state index contributed by atoms with van der Waals surface area (Å²) in [5, 5.41) is 12.4. The van der Waals surface area contributed by atoms with E-state index in [0.717, 1.165) is 59.8 Å². The molecule has 3 aromatic carbocycles. The van der Waals surface area contributed by atoms with Gasteiger partial charge in [-0.1, -0.05) is 11.6 Å². The lowest BCUT2D eigenvalue weighted by molar-refractivity contribution is 0.0664. The number of rotatable bonds is 5. The highest BCUT2D eigenvalue weighted by Gasteiger charge is 2.20. The summed E-state index contributed by atoms with van der Waals surface area (Å²) in [5.74, 6) is 1.17. The van der Waals surface area contributed by atoms with E-state index in [1.165, 1.54) is 0 Å². The van der Waals surface area contributed by atoms with Gasteiger partial charge in [-0.3, -0.25) is 4.79 Å². The first-order valence-electron chi connectivity index (χ1n) is 11.7. The molecular formula is C27H27ClN6O2. The van der Waals surface area contributed by atoms with Crippen LogP contribution in [-0.2, 0) is 0 Å². The molecule has 2 heterocycles. The van der Waals surface area contributed by atoms with Crippen molar-refractivity contribution in [2.24, 2.45) is 0 Å². The number of carbonyl (C=O) groups excluding carboxylic acids is 1. The molecule has 5 rings (SSSR count). The zero-order chi connectivity index (χ0) is 25.2. The van der Waals surface area contributed by atoms with Gasteiger partial charge in [0, 0.05) is 48.0 Å². The number of aromatic nitrogens is 3. The number of hydrogen-bond acceptors (Lipinski definition) is 7. The first kappa shape index (κ1) is 24.0. The average molecular weight is 503 g/mol. The smallest absolute Gasteiger partial charge is 0.253 e. The second-order valence-electron chi connectivity index (χ2n) is 8.93. The van der Waals surface area contributed by atoms with Gasteiger partial charge in [-0.25, -0.2) is 4.98 Å². The highest BCUT2D eigenvalue weighted by atomic mass is 35.5. The van der Waals surface area contributed by atoms with Gasteiger partial charge in [-0.2, -0.15) is 0 Å². The Kier molecular flexibility index (Phi) is 6.71. The zero-order valence-corrected chi connectivity index (χ0v) is 21.2. The van der Waals surface area contributed by atoms with Gasteiger partial charge < -0.3 is 19.9 Å². The first-order valence-corrected chi connectivity index (χ1v) is 12.1. The van der Waals surface area contributed by atoms with Crippen molar-refractivity contribution in [2.75, 3.05) is 45.7 Å². The average Bonchev–Trinajstić information content (AvgIpc) is 2.89. The molecule has 0 saturated carbocycles. The van der Waals surface area contributed by atoms with Gasteiger partial charge >= 0.3 is 0 Å². The van der Waals surface area contributed by atoms with Crippen LogP contribution in [0, 0.1) is 6.92 Å². The Labute approximate surface area is 214 Å². The monoisotopic (exact) mass is 502 g/mol. The molecule has 1 aliphatic heterocycles. The molecule has 1 saturated heterocycles. The zero-order valence-electron chi connectivity index (χ0n) is 20.5. The normalized spacial score (nSPS) is 14.2. The number of halogens is 1. The third-order valence-corrected chi connectivity index (χ3v) is 6.77. The number of fused-ring (bicyclic) bond motifs is 1. The molecule has 1 amide bonds. The molecule has 1 N–H and O–H groups in total. The number of likely N-dealkylation sites (N-methyl/N-ethyl adjacent to an activating group) is 1. The van der Waals surface area contributed by atoms with Crippen molar-refractivity contribution in [1.29, 1.82) is 0 Å². The van der Waals surface area contributed by atoms with Crippen LogP contribution in [0.5, 0.6) is 5.75 Å². The number of benzene rings is 3. The Hall–Kier alpha value is -3.75. The van der Waals surface area contributed by atoms with Crippen LogP contribution in [0.4, 0.5) is 11.6 Å². The Balaban J connectivity index is 1.34. The van der Waals surface area contributed by atoms with E-state index in [-0.39, 0.29) is 5.91 Å². The second kappa shape index (κ2) is 10.1. The van der Waals surface area contributed by atoms with E-state index in [2.05, 4.69) is 32.4 Å². The molecule has 0 aliphatic carbocycles. The van der Waals surface area contributed by atoms with Gasteiger partial charge in [0.15, 0.2) is 0 Å². The number of methoxy groups -OCH3 is 1. The number of anilines is 2. The SMILES string of the molecule is COc1ccc(Cl)c(-c2cc3nnc(Nc4ccc(C(=O)N5CCN(C)CC5)cc4)nc3cc2C)c1. The van der Waals surface area contributed by atoms with Gasteiger partial charge in [0.25, 0.3) is 5.91 Å². The molecule has 0 radical (unpaired) electrons. The molecule has 1 aromatic heterocycles. The maximum absolute atomic E-state index is 12.8. The summed E-state index contributed by atoms with van der Waals surface area (Å²) < 4.78 is 5.36. The number of amides is 1. The van der Waals surface area contributed by atoms with Crippen LogP contribution in [0.3, 0.4) is 0 Å². The highest BCUT2D eigenvalue weighted by molar-refractivity contribution is 6.33. The minimum absolute atomic E-state index is 0.0562. The van der Waals surface area contributed by atoms with Crippen molar-refractivity contribution in [3.8, 4) is 16.9 Å². The largest absolute Gasteiger partial charge is 0.497 e. The van der Waals surface area contributed by atoms with Crippen LogP contribution in [0.2, 0.25) is 5.02 Å². The van der Waals surface area contributed by atoms with Crippen LogP contribution < -0.4 is 10.1 Å². The summed E-state index contributed by atoms with van der Waals surface area (Å²) in [7, 11) is 3.70. The Morgan fingerprint density at radius 1 is 0.944 bits per heavy atom. The lowest BCUT2D eigenvalue weighted by Gasteiger charge is -2.32. The molecule has 4 aromatic rings. The van der Waals surface area contributed by atoms with Gasteiger partial charge in [-0.15, -0.1) is 10.2 Å². The first-order chi connectivity index (χ1) is 17.4. The summed E-state index contributed by atoms with van der Waals surface area (Å²) in [6, 6.07) is 16.8. The highest BCUT2D eigenvalue weighted by Crippen LogP contribution is 2.35. The van der Waals surface area contributed by atoms with Crippen LogP contribution in [0.1, 0.15) is 15.9 Å². The molecule has 9 heteroatoms. The van der Waals surface area contributed by atoms with E-state index >= 15 is 0 Å². The van der Waals surface area contributed by atoms with Gasteiger partial charge in [-0.05, 0) is 79.7 Å². The van der Waals surface area contributed by atoms with Crippen LogP contribution in [0.15, 0.2) is 54.6 Å². The predicted octanol–water partition coefficient (Wildman–Crippen LogP) is 4.79. The van der Waals surface area contributed by atoms with Crippen molar-refractivity contribution < 1.29 is 9.53 Å². The topological polar surface area (TPSA) is 83.5 Å². The lowest BCUT2D eigenvalue weighted by Crippen LogP contribution is -2.47.